The van der Waals surface area contributed by atoms with E-state index in [0.29, 0.717) is 29.5 Å². The first-order valence-corrected chi connectivity index (χ1v) is 14.8. The van der Waals surface area contributed by atoms with Crippen molar-refractivity contribution >= 4 is 48.9 Å². The average molecular weight is 548 g/mol. The maximum atomic E-state index is 12.9. The van der Waals surface area contributed by atoms with Crippen LogP contribution in [0.3, 0.4) is 0 Å². The molecule has 1 aliphatic heterocycles. The summed E-state index contributed by atoms with van der Waals surface area (Å²) in [5, 5.41) is 3.19. The first-order chi connectivity index (χ1) is 17.1. The molecule has 11 heteroatoms. The molecule has 36 heavy (non-hydrogen) atoms. The van der Waals surface area contributed by atoms with Crippen LogP contribution in [-0.4, -0.2) is 40.1 Å². The molecule has 3 aromatic carbocycles. The Morgan fingerprint density at radius 1 is 0.694 bits per heavy atom. The summed E-state index contributed by atoms with van der Waals surface area (Å²) in [4.78, 5) is 12.8. The summed E-state index contributed by atoms with van der Waals surface area (Å²) in [5.41, 5.74) is 1.05. The molecule has 1 saturated heterocycles. The molecule has 8 nitrogen and oxygen atoms in total. The molecule has 3 aromatic rings. The number of anilines is 2. The van der Waals surface area contributed by atoms with Crippen LogP contribution in [0.25, 0.3) is 0 Å². The first kappa shape index (κ1) is 26.2. The number of halogens is 1. The highest BCUT2D eigenvalue weighted by molar-refractivity contribution is 7.92. The van der Waals surface area contributed by atoms with Crippen LogP contribution < -0.4 is 10.0 Å². The van der Waals surface area contributed by atoms with E-state index in [9.17, 15) is 21.6 Å². The van der Waals surface area contributed by atoms with Crippen LogP contribution >= 0.6 is 11.6 Å². The fourth-order valence-corrected chi connectivity index (χ4v) is 6.56. The summed E-state index contributed by atoms with van der Waals surface area (Å²) in [6, 6.07) is 17.8. The van der Waals surface area contributed by atoms with E-state index in [1.807, 2.05) is 0 Å². The van der Waals surface area contributed by atoms with Crippen LogP contribution in [0.15, 0.2) is 82.6 Å². The third-order valence-electron chi connectivity index (χ3n) is 5.84. The smallest absolute Gasteiger partial charge is 0.261 e. The monoisotopic (exact) mass is 547 g/mol. The van der Waals surface area contributed by atoms with Gasteiger partial charge >= 0.3 is 0 Å². The number of hydrogen-bond donors (Lipinski definition) is 2. The second kappa shape index (κ2) is 11.0. The van der Waals surface area contributed by atoms with Crippen molar-refractivity contribution in [1.29, 1.82) is 0 Å². The van der Waals surface area contributed by atoms with E-state index in [4.69, 9.17) is 11.6 Å². The topological polar surface area (TPSA) is 113 Å². The van der Waals surface area contributed by atoms with Crippen molar-refractivity contribution in [1.82, 2.24) is 4.31 Å². The second-order valence-electron chi connectivity index (χ2n) is 8.43. The molecule has 1 heterocycles. The van der Waals surface area contributed by atoms with Crippen LogP contribution in [0, 0.1) is 0 Å². The van der Waals surface area contributed by atoms with Gasteiger partial charge in [0.15, 0.2) is 0 Å². The number of nitrogens with zero attached hydrogens (tertiary/aromatic N) is 1. The number of benzene rings is 3. The van der Waals surface area contributed by atoms with Crippen molar-refractivity contribution in [2.45, 2.75) is 35.5 Å². The van der Waals surface area contributed by atoms with E-state index < -0.39 is 26.0 Å². The van der Waals surface area contributed by atoms with Crippen LogP contribution in [0.1, 0.15) is 36.0 Å². The van der Waals surface area contributed by atoms with Gasteiger partial charge in [-0.25, -0.2) is 16.8 Å². The van der Waals surface area contributed by atoms with Gasteiger partial charge in [-0.3, -0.25) is 9.52 Å². The second-order valence-corrected chi connectivity index (χ2v) is 12.5. The molecule has 2 N–H and O–H groups in total. The average Bonchev–Trinajstić information content (AvgIpc) is 3.16. The Morgan fingerprint density at radius 2 is 1.22 bits per heavy atom. The third kappa shape index (κ3) is 6.25. The molecule has 0 saturated carbocycles. The molecule has 0 spiro atoms. The lowest BCUT2D eigenvalue weighted by atomic mass is 10.2. The molecule has 1 amide bonds. The Kier molecular flexibility index (Phi) is 7.99. The van der Waals surface area contributed by atoms with Crippen molar-refractivity contribution in [3.63, 3.8) is 0 Å². The van der Waals surface area contributed by atoms with Crippen LogP contribution in [0.4, 0.5) is 11.4 Å². The minimum absolute atomic E-state index is 0.0264. The van der Waals surface area contributed by atoms with Gasteiger partial charge < -0.3 is 5.32 Å². The van der Waals surface area contributed by atoms with Crippen LogP contribution in [0.2, 0.25) is 5.02 Å². The zero-order valence-corrected chi connectivity index (χ0v) is 21.7. The number of carbonyl (C=O) groups excluding carboxylic acids is 1. The number of sulfonamides is 2. The largest absolute Gasteiger partial charge is 0.322 e. The summed E-state index contributed by atoms with van der Waals surface area (Å²) in [6.07, 6.45) is 3.74. The van der Waals surface area contributed by atoms with E-state index in [-0.39, 0.29) is 15.4 Å². The molecular weight excluding hydrogens is 522 g/mol. The predicted octanol–water partition coefficient (Wildman–Crippen LogP) is 4.96. The van der Waals surface area contributed by atoms with E-state index in [2.05, 4.69) is 10.0 Å². The van der Waals surface area contributed by atoms with Gasteiger partial charge in [-0.2, -0.15) is 4.31 Å². The summed E-state index contributed by atoms with van der Waals surface area (Å²) in [7, 11) is -7.42. The summed E-state index contributed by atoms with van der Waals surface area (Å²) in [6.45, 7) is 1.01. The lowest BCUT2D eigenvalue weighted by Crippen LogP contribution is -2.31. The SMILES string of the molecule is O=C(Nc1ccc(S(=O)(=O)Nc2ccc(Cl)cc2)cc1)c1ccc(S(=O)(=O)N2CCCCCC2)cc1. The molecule has 4 rings (SSSR count). The normalized spacial score (nSPS) is 15.1. The number of rotatable bonds is 7. The molecule has 0 radical (unpaired) electrons. The molecule has 190 valence electrons. The first-order valence-electron chi connectivity index (χ1n) is 11.5. The highest BCUT2D eigenvalue weighted by Crippen LogP contribution is 2.22. The van der Waals surface area contributed by atoms with Crippen molar-refractivity contribution in [3.05, 3.63) is 83.4 Å². The minimum atomic E-state index is -3.82. The molecule has 1 aliphatic rings. The fraction of sp³-hybridized carbons (Fsp3) is 0.240. The maximum Gasteiger partial charge on any atom is 0.261 e. The lowest BCUT2D eigenvalue weighted by Gasteiger charge is -2.20. The highest BCUT2D eigenvalue weighted by atomic mass is 35.5. The van der Waals surface area contributed by atoms with Crippen LogP contribution in [-0.2, 0) is 20.0 Å². The highest BCUT2D eigenvalue weighted by Gasteiger charge is 2.25. The van der Waals surface area contributed by atoms with Gasteiger partial charge in [0.2, 0.25) is 10.0 Å². The molecule has 0 bridgehead atoms. The fourth-order valence-electron chi connectivity index (χ4n) is 3.86. The lowest BCUT2D eigenvalue weighted by molar-refractivity contribution is 0.102. The van der Waals surface area contributed by atoms with Crippen molar-refractivity contribution in [2.75, 3.05) is 23.1 Å². The van der Waals surface area contributed by atoms with Gasteiger partial charge in [0.25, 0.3) is 15.9 Å². The number of hydrogen-bond acceptors (Lipinski definition) is 5. The number of carbonyl (C=O) groups is 1. The standard InChI is InChI=1S/C25H26ClN3O5S2/c26-20-7-9-22(10-8-20)28-35(31,32)23-15-11-21(12-16-23)27-25(30)19-5-13-24(14-6-19)36(33,34)29-17-3-1-2-4-18-29/h5-16,28H,1-4,17-18H2,(H,27,30). The van der Waals surface area contributed by atoms with Crippen molar-refractivity contribution in [2.24, 2.45) is 0 Å². The molecule has 0 aromatic heterocycles. The van der Waals surface area contributed by atoms with Crippen molar-refractivity contribution < 1.29 is 21.6 Å². The van der Waals surface area contributed by atoms with E-state index in [1.54, 1.807) is 24.3 Å². The third-order valence-corrected chi connectivity index (χ3v) is 9.40. The van der Waals surface area contributed by atoms with E-state index in [0.717, 1.165) is 25.7 Å². The van der Waals surface area contributed by atoms with Gasteiger partial charge in [0.05, 0.1) is 9.79 Å². The van der Waals surface area contributed by atoms with E-state index >= 15 is 0 Å². The molecule has 0 atom stereocenters. The molecule has 0 unspecified atom stereocenters. The Bertz CT molecular complexity index is 1420. The zero-order chi connectivity index (χ0) is 25.8. The molecule has 0 aliphatic carbocycles. The summed E-state index contributed by atoms with van der Waals surface area (Å²) >= 11 is 5.83. The Hall–Kier alpha value is -2.92. The van der Waals surface area contributed by atoms with Gasteiger partial charge in [-0.1, -0.05) is 24.4 Å². The number of nitrogens with one attached hydrogen (secondary N) is 2. The molecule has 1 fully saturated rings. The zero-order valence-electron chi connectivity index (χ0n) is 19.4. The van der Waals surface area contributed by atoms with Gasteiger partial charge in [-0.05, 0) is 85.6 Å². The summed E-state index contributed by atoms with van der Waals surface area (Å²) < 4.78 is 55.0. The Morgan fingerprint density at radius 3 is 1.81 bits per heavy atom. The predicted molar refractivity (Wildman–Crippen MR) is 140 cm³/mol. The Labute approximate surface area is 216 Å². The molecular formula is C25H26ClN3O5S2. The maximum absolute atomic E-state index is 12.9. The summed E-state index contributed by atoms with van der Waals surface area (Å²) in [5.74, 6) is -0.441. The van der Waals surface area contributed by atoms with Gasteiger partial charge in [0.1, 0.15) is 0 Å². The quantitative estimate of drug-likeness (QED) is 0.434. The van der Waals surface area contributed by atoms with Crippen LogP contribution in [0.5, 0.6) is 0 Å². The minimum Gasteiger partial charge on any atom is -0.322 e. The Balaban J connectivity index is 1.41. The number of amides is 1. The van der Waals surface area contributed by atoms with Gasteiger partial charge in [0, 0.05) is 35.1 Å². The van der Waals surface area contributed by atoms with E-state index in [1.165, 1.54) is 52.8 Å². The van der Waals surface area contributed by atoms with Crippen molar-refractivity contribution in [3.8, 4) is 0 Å². The van der Waals surface area contributed by atoms with Gasteiger partial charge in [-0.15, -0.1) is 0 Å².